The SMILES string of the molecule is Cc1noc(C)c1C(C)NC(=O)c1cc(Cl)ncc1N. The van der Waals surface area contributed by atoms with E-state index < -0.39 is 0 Å². The summed E-state index contributed by atoms with van der Waals surface area (Å²) < 4.78 is 5.09. The number of carbonyl (C=O) groups excluding carboxylic acids is 1. The number of nitrogens with zero attached hydrogens (tertiary/aromatic N) is 2. The van der Waals surface area contributed by atoms with Crippen molar-refractivity contribution in [3.05, 3.63) is 40.0 Å². The molecule has 0 saturated heterocycles. The minimum Gasteiger partial charge on any atom is -0.397 e. The van der Waals surface area contributed by atoms with Gasteiger partial charge in [-0.05, 0) is 26.8 Å². The summed E-state index contributed by atoms with van der Waals surface area (Å²) in [6, 6.07) is 1.19. The number of amides is 1. The summed E-state index contributed by atoms with van der Waals surface area (Å²) in [7, 11) is 0. The highest BCUT2D eigenvalue weighted by atomic mass is 35.5. The fourth-order valence-electron chi connectivity index (χ4n) is 2.09. The number of nitrogen functional groups attached to an aromatic ring is 1. The maximum Gasteiger partial charge on any atom is 0.254 e. The Kier molecular flexibility index (Phi) is 3.94. The number of nitrogens with two attached hydrogens (primary N) is 1. The van der Waals surface area contributed by atoms with E-state index in [2.05, 4.69) is 15.5 Å². The van der Waals surface area contributed by atoms with Crippen molar-refractivity contribution in [1.29, 1.82) is 0 Å². The molecule has 0 aliphatic carbocycles. The molecular weight excluding hydrogens is 280 g/mol. The molecule has 106 valence electrons. The van der Waals surface area contributed by atoms with Gasteiger partial charge in [-0.3, -0.25) is 4.79 Å². The molecule has 6 nitrogen and oxygen atoms in total. The highest BCUT2D eigenvalue weighted by molar-refractivity contribution is 6.29. The van der Waals surface area contributed by atoms with Crippen molar-refractivity contribution < 1.29 is 9.32 Å². The van der Waals surface area contributed by atoms with Crippen LogP contribution in [0.5, 0.6) is 0 Å². The second-order valence-electron chi connectivity index (χ2n) is 4.53. The molecule has 0 radical (unpaired) electrons. The molecular formula is C13H15ClN4O2. The molecule has 3 N–H and O–H groups in total. The second-order valence-corrected chi connectivity index (χ2v) is 4.91. The van der Waals surface area contributed by atoms with Gasteiger partial charge in [0.25, 0.3) is 5.91 Å². The van der Waals surface area contributed by atoms with Gasteiger partial charge >= 0.3 is 0 Å². The molecule has 2 rings (SSSR count). The Hall–Kier alpha value is -2.08. The number of pyridine rings is 1. The van der Waals surface area contributed by atoms with E-state index in [-0.39, 0.29) is 22.8 Å². The van der Waals surface area contributed by atoms with Crippen LogP contribution in [-0.2, 0) is 0 Å². The molecule has 0 aliphatic heterocycles. The van der Waals surface area contributed by atoms with E-state index in [0.717, 1.165) is 11.3 Å². The van der Waals surface area contributed by atoms with Crippen LogP contribution in [0.4, 0.5) is 5.69 Å². The monoisotopic (exact) mass is 294 g/mol. The van der Waals surface area contributed by atoms with Crippen LogP contribution in [-0.4, -0.2) is 16.0 Å². The van der Waals surface area contributed by atoms with E-state index in [0.29, 0.717) is 11.3 Å². The third kappa shape index (κ3) is 2.75. The minimum atomic E-state index is -0.320. The normalized spacial score (nSPS) is 12.2. The summed E-state index contributed by atoms with van der Waals surface area (Å²) in [5.41, 5.74) is 7.91. The Morgan fingerprint density at radius 1 is 1.50 bits per heavy atom. The smallest absolute Gasteiger partial charge is 0.254 e. The van der Waals surface area contributed by atoms with Crippen molar-refractivity contribution >= 4 is 23.2 Å². The van der Waals surface area contributed by atoms with Crippen LogP contribution in [0, 0.1) is 13.8 Å². The summed E-state index contributed by atoms with van der Waals surface area (Å²) >= 11 is 5.78. The maximum atomic E-state index is 12.2. The number of carbonyl (C=O) groups is 1. The van der Waals surface area contributed by atoms with Crippen molar-refractivity contribution in [2.45, 2.75) is 26.8 Å². The van der Waals surface area contributed by atoms with Gasteiger partial charge in [0.15, 0.2) is 0 Å². The molecule has 0 bridgehead atoms. The Labute approximate surface area is 121 Å². The summed E-state index contributed by atoms with van der Waals surface area (Å²) in [6.45, 7) is 5.48. The third-order valence-corrected chi connectivity index (χ3v) is 3.22. The fraction of sp³-hybridized carbons (Fsp3) is 0.308. The summed E-state index contributed by atoms with van der Waals surface area (Å²) in [5.74, 6) is 0.357. The molecule has 1 amide bonds. The third-order valence-electron chi connectivity index (χ3n) is 3.02. The predicted octanol–water partition coefficient (Wildman–Crippen LogP) is 2.41. The van der Waals surface area contributed by atoms with Crippen molar-refractivity contribution in [3.8, 4) is 0 Å². The lowest BCUT2D eigenvalue weighted by atomic mass is 10.1. The highest BCUT2D eigenvalue weighted by Gasteiger charge is 2.20. The lowest BCUT2D eigenvalue weighted by Crippen LogP contribution is -2.28. The van der Waals surface area contributed by atoms with Gasteiger partial charge in [-0.1, -0.05) is 16.8 Å². The lowest BCUT2D eigenvalue weighted by molar-refractivity contribution is 0.0940. The second kappa shape index (κ2) is 5.50. The van der Waals surface area contributed by atoms with Crippen molar-refractivity contribution in [2.24, 2.45) is 0 Å². The summed E-state index contributed by atoms with van der Waals surface area (Å²) in [5, 5.41) is 6.93. The van der Waals surface area contributed by atoms with Crippen LogP contribution in [0.3, 0.4) is 0 Å². The van der Waals surface area contributed by atoms with Crippen LogP contribution >= 0.6 is 11.6 Å². The number of hydrogen-bond donors (Lipinski definition) is 2. The van der Waals surface area contributed by atoms with Gasteiger partial charge in [0.1, 0.15) is 10.9 Å². The molecule has 0 saturated carbocycles. The van der Waals surface area contributed by atoms with Gasteiger partial charge in [0.2, 0.25) is 0 Å². The predicted molar refractivity (Wildman–Crippen MR) is 75.5 cm³/mol. The van der Waals surface area contributed by atoms with E-state index in [1.165, 1.54) is 12.3 Å². The zero-order valence-electron chi connectivity index (χ0n) is 11.4. The van der Waals surface area contributed by atoms with E-state index in [4.69, 9.17) is 21.9 Å². The van der Waals surface area contributed by atoms with Crippen LogP contribution in [0.1, 0.15) is 40.3 Å². The number of anilines is 1. The molecule has 2 aromatic heterocycles. The Morgan fingerprint density at radius 2 is 2.20 bits per heavy atom. The molecule has 2 aromatic rings. The minimum absolute atomic E-state index is 0.217. The Balaban J connectivity index is 2.22. The largest absolute Gasteiger partial charge is 0.397 e. The van der Waals surface area contributed by atoms with Gasteiger partial charge < -0.3 is 15.6 Å². The van der Waals surface area contributed by atoms with Gasteiger partial charge in [0.05, 0.1) is 29.2 Å². The Bertz CT molecular complexity index is 634. The molecule has 1 atom stereocenters. The zero-order valence-corrected chi connectivity index (χ0v) is 12.2. The molecule has 0 aromatic carbocycles. The van der Waals surface area contributed by atoms with Crippen LogP contribution in [0.2, 0.25) is 5.15 Å². The van der Waals surface area contributed by atoms with Crippen LogP contribution in [0.25, 0.3) is 0 Å². The van der Waals surface area contributed by atoms with E-state index >= 15 is 0 Å². The van der Waals surface area contributed by atoms with Crippen molar-refractivity contribution in [2.75, 3.05) is 5.73 Å². The summed E-state index contributed by atoms with van der Waals surface area (Å²) in [6.07, 6.45) is 1.36. The van der Waals surface area contributed by atoms with Crippen molar-refractivity contribution in [1.82, 2.24) is 15.5 Å². The maximum absolute atomic E-state index is 12.2. The van der Waals surface area contributed by atoms with Crippen LogP contribution < -0.4 is 11.1 Å². The molecule has 1 unspecified atom stereocenters. The van der Waals surface area contributed by atoms with E-state index in [1.54, 1.807) is 6.92 Å². The standard InChI is InChI=1S/C13H15ClN4O2/c1-6(12-7(2)18-20-8(12)3)17-13(19)9-4-11(14)16-5-10(9)15/h4-6H,15H2,1-3H3,(H,17,19). The first-order chi connectivity index (χ1) is 9.40. The average Bonchev–Trinajstić information content (AvgIpc) is 2.71. The molecule has 0 aliphatic rings. The van der Waals surface area contributed by atoms with Gasteiger partial charge in [0, 0.05) is 5.56 Å². The molecule has 0 fully saturated rings. The fourth-order valence-corrected chi connectivity index (χ4v) is 2.25. The topological polar surface area (TPSA) is 94.0 Å². The highest BCUT2D eigenvalue weighted by Crippen LogP contribution is 2.22. The van der Waals surface area contributed by atoms with E-state index in [9.17, 15) is 4.79 Å². The Morgan fingerprint density at radius 3 is 2.80 bits per heavy atom. The molecule has 2 heterocycles. The first-order valence-electron chi connectivity index (χ1n) is 6.04. The summed E-state index contributed by atoms with van der Waals surface area (Å²) in [4.78, 5) is 16.0. The number of rotatable bonds is 3. The quantitative estimate of drug-likeness (QED) is 0.848. The first kappa shape index (κ1) is 14.3. The molecule has 20 heavy (non-hydrogen) atoms. The number of halogens is 1. The van der Waals surface area contributed by atoms with E-state index in [1.807, 2.05) is 13.8 Å². The molecule has 0 spiro atoms. The number of nitrogens with one attached hydrogen (secondary N) is 1. The average molecular weight is 295 g/mol. The number of aromatic nitrogens is 2. The number of hydrogen-bond acceptors (Lipinski definition) is 5. The van der Waals surface area contributed by atoms with Gasteiger partial charge in [-0.2, -0.15) is 0 Å². The zero-order chi connectivity index (χ0) is 14.9. The first-order valence-corrected chi connectivity index (χ1v) is 6.42. The lowest BCUT2D eigenvalue weighted by Gasteiger charge is -2.14. The molecule has 7 heteroatoms. The van der Waals surface area contributed by atoms with Crippen molar-refractivity contribution in [3.63, 3.8) is 0 Å². The van der Waals surface area contributed by atoms with Crippen LogP contribution in [0.15, 0.2) is 16.8 Å². The van der Waals surface area contributed by atoms with Gasteiger partial charge in [-0.15, -0.1) is 0 Å². The number of aryl methyl sites for hydroxylation is 2. The van der Waals surface area contributed by atoms with Gasteiger partial charge in [-0.25, -0.2) is 4.98 Å².